The Morgan fingerprint density at radius 1 is 1.32 bits per heavy atom. The van der Waals surface area contributed by atoms with Crippen LogP contribution < -0.4 is 4.74 Å². The number of aromatic carboxylic acids is 1. The van der Waals surface area contributed by atoms with Gasteiger partial charge in [-0.05, 0) is 23.8 Å². The van der Waals surface area contributed by atoms with E-state index >= 15 is 0 Å². The third-order valence-electron chi connectivity index (χ3n) is 3.41. The van der Waals surface area contributed by atoms with Gasteiger partial charge in [0.2, 0.25) is 0 Å². The highest BCUT2D eigenvalue weighted by molar-refractivity contribution is 6.32. The van der Waals surface area contributed by atoms with Crippen LogP contribution in [0.3, 0.4) is 0 Å². The Balaban J connectivity index is 2.06. The number of carboxylic acids is 1. The number of carbonyl (C=O) groups is 1. The number of benzene rings is 2. The summed E-state index contributed by atoms with van der Waals surface area (Å²) in [5, 5.41) is 14.6. The maximum Gasteiger partial charge on any atom is 0.357 e. The lowest BCUT2D eigenvalue weighted by molar-refractivity contribution is 0.0691. The Kier molecular flexibility index (Phi) is 3.73. The third kappa shape index (κ3) is 2.51. The van der Waals surface area contributed by atoms with Crippen molar-refractivity contribution in [3.63, 3.8) is 0 Å². The molecule has 0 amide bonds. The summed E-state index contributed by atoms with van der Waals surface area (Å²) in [6.45, 7) is 0.432. The summed E-state index contributed by atoms with van der Waals surface area (Å²) in [5.74, 6) is -0.460. The fourth-order valence-electron chi connectivity index (χ4n) is 2.38. The Hall–Kier alpha value is -2.53. The van der Waals surface area contributed by atoms with Gasteiger partial charge in [-0.25, -0.2) is 4.79 Å². The predicted octanol–water partition coefficient (Wildman–Crippen LogP) is 3.44. The number of halogens is 1. The molecule has 0 aliphatic carbocycles. The zero-order chi connectivity index (χ0) is 15.7. The average molecular weight is 317 g/mol. The number of hydrogen-bond acceptors (Lipinski definition) is 3. The number of aromatic nitrogens is 2. The maximum absolute atomic E-state index is 11.3. The molecule has 6 heteroatoms. The first-order valence-electron chi connectivity index (χ1n) is 6.61. The molecule has 0 aliphatic rings. The van der Waals surface area contributed by atoms with Crippen molar-refractivity contribution in [2.75, 3.05) is 7.11 Å². The van der Waals surface area contributed by atoms with Crippen LogP contribution in [0.15, 0.2) is 42.5 Å². The Labute approximate surface area is 131 Å². The molecule has 0 atom stereocenters. The first-order valence-corrected chi connectivity index (χ1v) is 6.99. The summed E-state index contributed by atoms with van der Waals surface area (Å²) in [5.41, 5.74) is 1.75. The summed E-state index contributed by atoms with van der Waals surface area (Å²) in [6, 6.07) is 12.7. The molecule has 1 N–H and O–H groups in total. The van der Waals surface area contributed by atoms with Crippen LogP contribution in [0.2, 0.25) is 5.02 Å². The summed E-state index contributed by atoms with van der Waals surface area (Å²) < 4.78 is 6.87. The molecule has 0 spiro atoms. The number of hydrogen-bond donors (Lipinski definition) is 1. The molecule has 1 heterocycles. The topological polar surface area (TPSA) is 64.4 Å². The molecule has 0 unspecified atom stereocenters. The standard InChI is InChI=1S/C16H13ClN2O3/c1-22-14-8-10(6-7-12(14)17)9-19-13-5-3-2-4-11(13)15(18-19)16(20)21/h2-8H,9H2,1H3,(H,20,21). The van der Waals surface area contributed by atoms with Crippen molar-refractivity contribution in [3.8, 4) is 5.75 Å². The second-order valence-electron chi connectivity index (χ2n) is 4.80. The number of fused-ring (bicyclic) bond motifs is 1. The Morgan fingerprint density at radius 3 is 2.82 bits per heavy atom. The molecule has 22 heavy (non-hydrogen) atoms. The molecule has 0 fully saturated rings. The van der Waals surface area contributed by atoms with Gasteiger partial charge in [0.1, 0.15) is 5.75 Å². The molecule has 3 aromatic rings. The van der Waals surface area contributed by atoms with Crippen LogP contribution in [-0.2, 0) is 6.54 Å². The molecule has 1 aromatic heterocycles. The lowest BCUT2D eigenvalue weighted by Crippen LogP contribution is -2.04. The molecule has 0 bridgehead atoms. The summed E-state index contributed by atoms with van der Waals surface area (Å²) >= 11 is 6.01. The molecule has 0 saturated carbocycles. The largest absolute Gasteiger partial charge is 0.495 e. The van der Waals surface area contributed by atoms with Gasteiger partial charge in [0.25, 0.3) is 0 Å². The molecule has 2 aromatic carbocycles. The van der Waals surface area contributed by atoms with Gasteiger partial charge in [0, 0.05) is 5.39 Å². The Bertz CT molecular complexity index is 858. The number of ether oxygens (including phenoxy) is 1. The molecule has 5 nitrogen and oxygen atoms in total. The normalized spacial score (nSPS) is 10.8. The molecule has 112 valence electrons. The zero-order valence-corrected chi connectivity index (χ0v) is 12.5. The highest BCUT2D eigenvalue weighted by Gasteiger charge is 2.16. The van der Waals surface area contributed by atoms with E-state index in [1.54, 1.807) is 30.0 Å². The summed E-state index contributed by atoms with van der Waals surface area (Å²) in [7, 11) is 1.55. The number of nitrogens with zero attached hydrogens (tertiary/aromatic N) is 2. The van der Waals surface area contributed by atoms with Gasteiger partial charge >= 0.3 is 5.97 Å². The van der Waals surface area contributed by atoms with Crippen LogP contribution in [0.25, 0.3) is 10.9 Å². The van der Waals surface area contributed by atoms with E-state index in [4.69, 9.17) is 16.3 Å². The maximum atomic E-state index is 11.3. The molecule has 0 saturated heterocycles. The van der Waals surface area contributed by atoms with E-state index in [1.165, 1.54) is 0 Å². The van der Waals surface area contributed by atoms with Gasteiger partial charge in [-0.1, -0.05) is 35.9 Å². The lowest BCUT2D eigenvalue weighted by atomic mass is 10.2. The monoisotopic (exact) mass is 316 g/mol. The van der Waals surface area contributed by atoms with E-state index < -0.39 is 5.97 Å². The lowest BCUT2D eigenvalue weighted by Gasteiger charge is -2.07. The second kappa shape index (κ2) is 5.69. The van der Waals surface area contributed by atoms with Gasteiger partial charge in [0.05, 0.1) is 24.2 Å². The SMILES string of the molecule is COc1cc(Cn2nc(C(=O)O)c3ccccc32)ccc1Cl. The zero-order valence-electron chi connectivity index (χ0n) is 11.8. The minimum Gasteiger partial charge on any atom is -0.495 e. The summed E-state index contributed by atoms with van der Waals surface area (Å²) in [4.78, 5) is 11.3. The minimum absolute atomic E-state index is 0.0523. The molecular weight excluding hydrogens is 304 g/mol. The van der Waals surface area contributed by atoms with E-state index in [0.717, 1.165) is 11.1 Å². The smallest absolute Gasteiger partial charge is 0.357 e. The van der Waals surface area contributed by atoms with Crippen LogP contribution in [0.4, 0.5) is 0 Å². The highest BCUT2D eigenvalue weighted by Crippen LogP contribution is 2.26. The first kappa shape index (κ1) is 14.4. The van der Waals surface area contributed by atoms with Crippen LogP contribution in [0.1, 0.15) is 16.1 Å². The van der Waals surface area contributed by atoms with Crippen LogP contribution in [0, 0.1) is 0 Å². The molecule has 0 radical (unpaired) electrons. The van der Waals surface area contributed by atoms with Crippen LogP contribution >= 0.6 is 11.6 Å². The molecule has 3 rings (SSSR count). The molecule has 0 aliphatic heterocycles. The van der Waals surface area contributed by atoms with E-state index in [9.17, 15) is 9.90 Å². The van der Waals surface area contributed by atoms with Crippen molar-refractivity contribution in [1.82, 2.24) is 9.78 Å². The van der Waals surface area contributed by atoms with Gasteiger partial charge < -0.3 is 9.84 Å². The average Bonchev–Trinajstić information content (AvgIpc) is 2.88. The van der Waals surface area contributed by atoms with Crippen molar-refractivity contribution in [2.24, 2.45) is 0 Å². The number of rotatable bonds is 4. The third-order valence-corrected chi connectivity index (χ3v) is 3.72. The predicted molar refractivity (Wildman–Crippen MR) is 83.8 cm³/mol. The van der Waals surface area contributed by atoms with Crippen molar-refractivity contribution in [1.29, 1.82) is 0 Å². The highest BCUT2D eigenvalue weighted by atomic mass is 35.5. The van der Waals surface area contributed by atoms with Crippen molar-refractivity contribution < 1.29 is 14.6 Å². The van der Waals surface area contributed by atoms with Crippen LogP contribution in [0.5, 0.6) is 5.75 Å². The van der Waals surface area contributed by atoms with Crippen molar-refractivity contribution >= 4 is 28.5 Å². The fraction of sp³-hybridized carbons (Fsp3) is 0.125. The van der Waals surface area contributed by atoms with Gasteiger partial charge in [-0.2, -0.15) is 5.10 Å². The number of para-hydroxylation sites is 1. The first-order chi connectivity index (χ1) is 10.6. The van der Waals surface area contributed by atoms with E-state index in [0.29, 0.717) is 22.7 Å². The van der Waals surface area contributed by atoms with Crippen molar-refractivity contribution in [3.05, 3.63) is 58.7 Å². The van der Waals surface area contributed by atoms with E-state index in [1.807, 2.05) is 24.3 Å². The van der Waals surface area contributed by atoms with E-state index in [2.05, 4.69) is 5.10 Å². The van der Waals surface area contributed by atoms with Crippen molar-refractivity contribution in [2.45, 2.75) is 6.54 Å². The number of carboxylic acid groups (broad SMARTS) is 1. The van der Waals surface area contributed by atoms with E-state index in [-0.39, 0.29) is 5.69 Å². The molecular formula is C16H13ClN2O3. The Morgan fingerprint density at radius 2 is 2.09 bits per heavy atom. The van der Waals surface area contributed by atoms with Crippen LogP contribution in [-0.4, -0.2) is 28.0 Å². The summed E-state index contributed by atoms with van der Waals surface area (Å²) in [6.07, 6.45) is 0. The van der Waals surface area contributed by atoms with Gasteiger partial charge in [-0.15, -0.1) is 0 Å². The second-order valence-corrected chi connectivity index (χ2v) is 5.20. The minimum atomic E-state index is -1.04. The fourth-order valence-corrected chi connectivity index (χ4v) is 2.58. The number of methoxy groups -OCH3 is 1. The van der Waals surface area contributed by atoms with Gasteiger partial charge in [-0.3, -0.25) is 4.68 Å². The van der Waals surface area contributed by atoms with Gasteiger partial charge in [0.15, 0.2) is 5.69 Å². The quantitative estimate of drug-likeness (QED) is 0.800.